The van der Waals surface area contributed by atoms with Crippen LogP contribution in [0.25, 0.3) is 0 Å². The number of hydrogen-bond donors (Lipinski definition) is 1. The second-order valence-electron chi connectivity index (χ2n) is 4.77. The van der Waals surface area contributed by atoms with Gasteiger partial charge in [-0.2, -0.15) is 0 Å². The zero-order valence-electron chi connectivity index (χ0n) is 12.6. The van der Waals surface area contributed by atoms with Gasteiger partial charge in [-0.15, -0.1) is 10.2 Å². The van der Waals surface area contributed by atoms with E-state index in [0.29, 0.717) is 24.6 Å². The number of rotatable bonds is 7. The molecule has 0 aliphatic rings. The van der Waals surface area contributed by atoms with Crippen molar-refractivity contribution in [1.82, 2.24) is 10.2 Å². The summed E-state index contributed by atoms with van der Waals surface area (Å²) in [6.07, 6.45) is 1.84. The molecule has 1 aromatic heterocycles. The van der Waals surface area contributed by atoms with E-state index in [-0.39, 0.29) is 5.91 Å². The molecule has 0 saturated heterocycles. The van der Waals surface area contributed by atoms with Crippen molar-refractivity contribution in [2.45, 2.75) is 33.1 Å². The first-order valence-corrected chi connectivity index (χ1v) is 8.29. The average Bonchev–Trinajstić information content (AvgIpc) is 2.95. The van der Waals surface area contributed by atoms with E-state index in [2.05, 4.69) is 15.5 Å². The fourth-order valence-electron chi connectivity index (χ4n) is 1.76. The first-order valence-electron chi connectivity index (χ1n) is 7.09. The lowest BCUT2D eigenvalue weighted by atomic mass is 10.2. The van der Waals surface area contributed by atoms with Gasteiger partial charge in [0.2, 0.25) is 11.0 Å². The van der Waals surface area contributed by atoms with E-state index in [1.54, 1.807) is 6.07 Å². The van der Waals surface area contributed by atoms with Gasteiger partial charge in [0.25, 0.3) is 0 Å². The number of carbonyl (C=O) groups excluding carboxylic acids is 1. The van der Waals surface area contributed by atoms with Crippen LogP contribution in [0.2, 0.25) is 5.02 Å². The number of halogens is 1. The minimum absolute atomic E-state index is 0.0744. The molecule has 1 amide bonds. The summed E-state index contributed by atoms with van der Waals surface area (Å²) in [5.74, 6) is 0.689. The van der Waals surface area contributed by atoms with Crippen LogP contribution in [0.15, 0.2) is 18.2 Å². The molecule has 2 aromatic rings. The van der Waals surface area contributed by atoms with Gasteiger partial charge in [0.1, 0.15) is 10.8 Å². The number of benzene rings is 1. The Morgan fingerprint density at radius 3 is 2.91 bits per heavy atom. The Balaban J connectivity index is 1.69. The lowest BCUT2D eigenvalue weighted by molar-refractivity contribution is -0.116. The van der Waals surface area contributed by atoms with Crippen LogP contribution in [0.5, 0.6) is 5.75 Å². The predicted molar refractivity (Wildman–Crippen MR) is 88.8 cm³/mol. The third-order valence-corrected chi connectivity index (χ3v) is 4.37. The van der Waals surface area contributed by atoms with Crippen LogP contribution in [-0.2, 0) is 11.2 Å². The molecule has 0 fully saturated rings. The highest BCUT2D eigenvalue weighted by atomic mass is 35.5. The average molecular weight is 340 g/mol. The molecule has 0 aliphatic carbocycles. The highest BCUT2D eigenvalue weighted by molar-refractivity contribution is 7.15. The number of hydrogen-bond acceptors (Lipinski definition) is 5. The molecule has 5 nitrogen and oxygen atoms in total. The van der Waals surface area contributed by atoms with Gasteiger partial charge in [0.05, 0.1) is 6.61 Å². The molecule has 1 N–H and O–H groups in total. The van der Waals surface area contributed by atoms with Gasteiger partial charge in [0.15, 0.2) is 0 Å². The van der Waals surface area contributed by atoms with Crippen molar-refractivity contribution in [2.24, 2.45) is 0 Å². The number of aryl methyl sites for hydroxylation is 2. The molecule has 0 radical (unpaired) electrons. The molecule has 0 aliphatic heterocycles. The van der Waals surface area contributed by atoms with Gasteiger partial charge >= 0.3 is 0 Å². The number of nitrogens with zero attached hydrogens (tertiary/aromatic N) is 2. The van der Waals surface area contributed by atoms with E-state index in [0.717, 1.165) is 27.8 Å². The molecule has 0 saturated carbocycles. The third-order valence-electron chi connectivity index (χ3n) is 2.96. The summed E-state index contributed by atoms with van der Waals surface area (Å²) < 4.78 is 5.60. The maximum absolute atomic E-state index is 11.8. The van der Waals surface area contributed by atoms with E-state index in [1.807, 2.05) is 26.0 Å². The van der Waals surface area contributed by atoms with Crippen molar-refractivity contribution in [3.63, 3.8) is 0 Å². The van der Waals surface area contributed by atoms with Crippen LogP contribution in [-0.4, -0.2) is 22.7 Å². The molecular formula is C15H18ClN3O2S. The minimum Gasteiger partial charge on any atom is -0.494 e. The Kier molecular flexibility index (Phi) is 6.15. The number of anilines is 1. The van der Waals surface area contributed by atoms with Crippen LogP contribution in [0, 0.1) is 6.92 Å². The molecule has 7 heteroatoms. The van der Waals surface area contributed by atoms with E-state index in [1.165, 1.54) is 11.3 Å². The smallest absolute Gasteiger partial charge is 0.226 e. The van der Waals surface area contributed by atoms with E-state index < -0.39 is 0 Å². The van der Waals surface area contributed by atoms with Crippen molar-refractivity contribution in [3.8, 4) is 5.75 Å². The van der Waals surface area contributed by atoms with Gasteiger partial charge in [0, 0.05) is 11.4 Å². The maximum Gasteiger partial charge on any atom is 0.226 e. The van der Waals surface area contributed by atoms with Gasteiger partial charge < -0.3 is 10.1 Å². The van der Waals surface area contributed by atoms with Crippen LogP contribution in [0.3, 0.4) is 0 Å². The van der Waals surface area contributed by atoms with Gasteiger partial charge in [-0.05, 0) is 43.5 Å². The first kappa shape index (κ1) is 16.7. The Bertz CT molecular complexity index is 645. The lowest BCUT2D eigenvalue weighted by Gasteiger charge is -2.07. The van der Waals surface area contributed by atoms with Gasteiger partial charge in [-0.25, -0.2) is 0 Å². The third kappa shape index (κ3) is 4.96. The minimum atomic E-state index is -0.0744. The van der Waals surface area contributed by atoms with Crippen molar-refractivity contribution in [1.29, 1.82) is 0 Å². The fraction of sp³-hybridized carbons (Fsp3) is 0.400. The standard InChI is InChI=1S/C15H18ClN3O2S/c1-3-14-18-19-15(22-14)17-13(20)5-4-8-21-11-6-7-12(16)10(2)9-11/h6-7,9H,3-5,8H2,1-2H3,(H,17,19,20). The Labute approximate surface area is 138 Å². The van der Waals surface area contributed by atoms with Crippen molar-refractivity contribution < 1.29 is 9.53 Å². The SMILES string of the molecule is CCc1nnc(NC(=O)CCCOc2ccc(Cl)c(C)c2)s1. The summed E-state index contributed by atoms with van der Waals surface area (Å²) in [7, 11) is 0. The van der Waals surface area contributed by atoms with Crippen LogP contribution >= 0.6 is 22.9 Å². The highest BCUT2D eigenvalue weighted by Gasteiger charge is 2.07. The van der Waals surface area contributed by atoms with E-state index in [4.69, 9.17) is 16.3 Å². The Hall–Kier alpha value is -1.66. The summed E-state index contributed by atoms with van der Waals surface area (Å²) in [4.78, 5) is 11.8. The molecule has 0 atom stereocenters. The predicted octanol–water partition coefficient (Wildman–Crippen LogP) is 3.86. The Morgan fingerprint density at radius 1 is 1.41 bits per heavy atom. The highest BCUT2D eigenvalue weighted by Crippen LogP contribution is 2.21. The lowest BCUT2D eigenvalue weighted by Crippen LogP contribution is -2.12. The quantitative estimate of drug-likeness (QED) is 0.778. The summed E-state index contributed by atoms with van der Waals surface area (Å²) in [5, 5.41) is 12.8. The number of ether oxygens (including phenoxy) is 1. The van der Waals surface area contributed by atoms with Crippen LogP contribution in [0.4, 0.5) is 5.13 Å². The maximum atomic E-state index is 11.8. The normalized spacial score (nSPS) is 10.5. The molecule has 118 valence electrons. The number of nitrogens with one attached hydrogen (secondary N) is 1. The zero-order valence-corrected chi connectivity index (χ0v) is 14.1. The largest absolute Gasteiger partial charge is 0.494 e. The molecule has 2 rings (SSSR count). The first-order chi connectivity index (χ1) is 10.6. The second-order valence-corrected chi connectivity index (χ2v) is 6.23. The molecule has 1 heterocycles. The summed E-state index contributed by atoms with van der Waals surface area (Å²) in [6.45, 7) is 4.40. The Morgan fingerprint density at radius 2 is 2.23 bits per heavy atom. The molecule has 0 unspecified atom stereocenters. The fourth-order valence-corrected chi connectivity index (χ4v) is 2.57. The molecule has 22 heavy (non-hydrogen) atoms. The molecule has 0 bridgehead atoms. The number of amides is 1. The molecule has 0 spiro atoms. The van der Waals surface area contributed by atoms with Gasteiger partial charge in [-0.3, -0.25) is 4.79 Å². The summed E-state index contributed by atoms with van der Waals surface area (Å²) >= 11 is 7.36. The van der Waals surface area contributed by atoms with Crippen LogP contribution < -0.4 is 10.1 Å². The second kappa shape index (κ2) is 8.10. The van der Waals surface area contributed by atoms with Crippen LogP contribution in [0.1, 0.15) is 30.3 Å². The van der Waals surface area contributed by atoms with E-state index >= 15 is 0 Å². The van der Waals surface area contributed by atoms with Gasteiger partial charge in [-0.1, -0.05) is 29.9 Å². The molecular weight excluding hydrogens is 322 g/mol. The van der Waals surface area contributed by atoms with Crippen molar-refractivity contribution >= 4 is 34.0 Å². The van der Waals surface area contributed by atoms with Crippen molar-refractivity contribution in [3.05, 3.63) is 33.8 Å². The zero-order chi connectivity index (χ0) is 15.9. The number of carbonyl (C=O) groups is 1. The number of aromatic nitrogens is 2. The molecule has 1 aromatic carbocycles. The summed E-state index contributed by atoms with van der Waals surface area (Å²) in [6, 6.07) is 5.51. The van der Waals surface area contributed by atoms with Crippen molar-refractivity contribution in [2.75, 3.05) is 11.9 Å². The van der Waals surface area contributed by atoms with E-state index in [9.17, 15) is 4.79 Å². The topological polar surface area (TPSA) is 64.1 Å². The monoisotopic (exact) mass is 339 g/mol. The summed E-state index contributed by atoms with van der Waals surface area (Å²) in [5.41, 5.74) is 0.972.